The molecule has 0 saturated carbocycles. The summed E-state index contributed by atoms with van der Waals surface area (Å²) in [5, 5.41) is 4.08. The number of aryl methyl sites for hydroxylation is 1. The van der Waals surface area contributed by atoms with Crippen molar-refractivity contribution in [2.45, 2.75) is 19.9 Å². The van der Waals surface area contributed by atoms with Crippen LogP contribution in [0.5, 0.6) is 0 Å². The zero-order chi connectivity index (χ0) is 15.0. The van der Waals surface area contributed by atoms with E-state index in [1.807, 2.05) is 6.92 Å². The number of fused-ring (bicyclic) bond motifs is 1. The Morgan fingerprint density at radius 3 is 2.86 bits per heavy atom. The highest BCUT2D eigenvalue weighted by atomic mass is 19.1. The molecule has 0 bridgehead atoms. The Balaban J connectivity index is 2.35. The third-order valence-corrected chi connectivity index (χ3v) is 3.38. The quantitative estimate of drug-likeness (QED) is 0.742. The summed E-state index contributed by atoms with van der Waals surface area (Å²) in [6.45, 7) is 2.51. The maximum absolute atomic E-state index is 13.5. The molecular formula is C15H15FN4O. The monoisotopic (exact) mass is 286 g/mol. The summed E-state index contributed by atoms with van der Waals surface area (Å²) in [7, 11) is 1.71. The lowest BCUT2D eigenvalue weighted by atomic mass is 10.2. The third-order valence-electron chi connectivity index (χ3n) is 3.38. The Hall–Kier alpha value is -2.50. The minimum atomic E-state index is -0.351. The fourth-order valence-electron chi connectivity index (χ4n) is 2.43. The minimum Gasteiger partial charge on any atom is -0.291 e. The van der Waals surface area contributed by atoms with E-state index < -0.39 is 0 Å². The van der Waals surface area contributed by atoms with Crippen LogP contribution in [0.1, 0.15) is 13.3 Å². The molecule has 0 atom stereocenters. The van der Waals surface area contributed by atoms with Crippen LogP contribution >= 0.6 is 0 Å². The Morgan fingerprint density at radius 1 is 1.33 bits per heavy atom. The van der Waals surface area contributed by atoms with E-state index in [9.17, 15) is 9.18 Å². The minimum absolute atomic E-state index is 0.152. The highest BCUT2D eigenvalue weighted by Gasteiger charge is 2.15. The zero-order valence-electron chi connectivity index (χ0n) is 11.9. The van der Waals surface area contributed by atoms with Crippen LogP contribution in [0, 0.1) is 5.82 Å². The van der Waals surface area contributed by atoms with Crippen LogP contribution in [0.15, 0.2) is 35.3 Å². The number of nitrogens with zero attached hydrogens (tertiary/aromatic N) is 4. The highest BCUT2D eigenvalue weighted by molar-refractivity contribution is 5.75. The summed E-state index contributed by atoms with van der Waals surface area (Å²) in [6, 6.07) is 6.12. The van der Waals surface area contributed by atoms with Gasteiger partial charge in [0.15, 0.2) is 5.52 Å². The Morgan fingerprint density at radius 2 is 2.14 bits per heavy atom. The number of aromatic nitrogens is 4. The molecule has 2 aromatic heterocycles. The molecule has 0 aliphatic heterocycles. The predicted molar refractivity (Wildman–Crippen MR) is 78.5 cm³/mol. The molecule has 3 aromatic rings. The van der Waals surface area contributed by atoms with Crippen LogP contribution in [-0.2, 0) is 13.6 Å². The van der Waals surface area contributed by atoms with Gasteiger partial charge >= 0.3 is 0 Å². The first kappa shape index (κ1) is 13.5. The maximum Gasteiger partial charge on any atom is 0.279 e. The van der Waals surface area contributed by atoms with Crippen LogP contribution in [0.2, 0.25) is 0 Å². The molecule has 5 nitrogen and oxygen atoms in total. The van der Waals surface area contributed by atoms with Gasteiger partial charge in [0.2, 0.25) is 0 Å². The average Bonchev–Trinajstić information content (AvgIpc) is 2.83. The lowest BCUT2D eigenvalue weighted by molar-refractivity contribution is 0.625. The average molecular weight is 286 g/mol. The first-order valence-corrected chi connectivity index (χ1v) is 6.80. The fraction of sp³-hybridized carbons (Fsp3) is 0.267. The molecule has 0 aliphatic carbocycles. The molecule has 0 spiro atoms. The van der Waals surface area contributed by atoms with E-state index in [0.717, 1.165) is 6.42 Å². The molecule has 2 heterocycles. The van der Waals surface area contributed by atoms with Crippen molar-refractivity contribution in [2.24, 2.45) is 7.05 Å². The third kappa shape index (κ3) is 2.22. The van der Waals surface area contributed by atoms with E-state index in [1.165, 1.54) is 16.8 Å². The van der Waals surface area contributed by atoms with E-state index in [-0.39, 0.29) is 11.4 Å². The highest BCUT2D eigenvalue weighted by Crippen LogP contribution is 2.19. The van der Waals surface area contributed by atoms with Gasteiger partial charge in [-0.2, -0.15) is 5.10 Å². The fourth-order valence-corrected chi connectivity index (χ4v) is 2.43. The SMILES string of the molecule is CCCn1c(-c2cccc(F)c2)nc2cnn(C)c2c1=O. The maximum atomic E-state index is 13.5. The van der Waals surface area contributed by atoms with Crippen molar-refractivity contribution in [1.29, 1.82) is 0 Å². The van der Waals surface area contributed by atoms with Crippen LogP contribution in [-0.4, -0.2) is 19.3 Å². The number of benzene rings is 1. The van der Waals surface area contributed by atoms with Gasteiger partial charge in [-0.05, 0) is 18.6 Å². The van der Waals surface area contributed by atoms with Gasteiger partial charge in [-0.15, -0.1) is 0 Å². The summed E-state index contributed by atoms with van der Waals surface area (Å²) < 4.78 is 16.6. The molecule has 0 saturated heterocycles. The molecule has 0 radical (unpaired) electrons. The molecule has 0 N–H and O–H groups in total. The summed E-state index contributed by atoms with van der Waals surface area (Å²) in [5.74, 6) is 0.123. The molecule has 0 fully saturated rings. The number of hydrogen-bond acceptors (Lipinski definition) is 3. The molecule has 21 heavy (non-hydrogen) atoms. The van der Waals surface area contributed by atoms with E-state index in [4.69, 9.17) is 0 Å². The lowest BCUT2D eigenvalue weighted by Gasteiger charge is -2.11. The van der Waals surface area contributed by atoms with Gasteiger partial charge in [-0.3, -0.25) is 14.0 Å². The molecule has 0 amide bonds. The van der Waals surface area contributed by atoms with Crippen molar-refractivity contribution >= 4 is 11.0 Å². The van der Waals surface area contributed by atoms with Gasteiger partial charge in [-0.1, -0.05) is 19.1 Å². The first-order valence-electron chi connectivity index (χ1n) is 6.80. The van der Waals surface area contributed by atoms with Crippen molar-refractivity contribution in [2.75, 3.05) is 0 Å². The second-order valence-electron chi connectivity index (χ2n) is 4.90. The number of hydrogen-bond donors (Lipinski definition) is 0. The van der Waals surface area contributed by atoms with E-state index >= 15 is 0 Å². The molecule has 0 aliphatic rings. The molecular weight excluding hydrogens is 271 g/mol. The van der Waals surface area contributed by atoms with Gasteiger partial charge in [0.25, 0.3) is 5.56 Å². The molecule has 0 unspecified atom stereocenters. The second kappa shape index (κ2) is 5.12. The molecule has 1 aromatic carbocycles. The van der Waals surface area contributed by atoms with E-state index in [0.29, 0.717) is 29.0 Å². The van der Waals surface area contributed by atoms with Gasteiger partial charge in [0.05, 0.1) is 6.20 Å². The van der Waals surface area contributed by atoms with Crippen LogP contribution in [0.25, 0.3) is 22.4 Å². The standard InChI is InChI=1S/C15H15FN4O/c1-3-7-20-14(10-5-4-6-11(16)8-10)18-12-9-17-19(2)13(12)15(20)21/h4-6,8-9H,3,7H2,1-2H3. The van der Waals surface area contributed by atoms with E-state index in [1.54, 1.807) is 29.9 Å². The predicted octanol–water partition coefficient (Wildman–Crippen LogP) is 2.35. The van der Waals surface area contributed by atoms with Crippen molar-refractivity contribution < 1.29 is 4.39 Å². The Labute approximate surface area is 120 Å². The summed E-state index contributed by atoms with van der Waals surface area (Å²) in [4.78, 5) is 17.1. The largest absolute Gasteiger partial charge is 0.291 e. The van der Waals surface area contributed by atoms with Crippen LogP contribution < -0.4 is 5.56 Å². The van der Waals surface area contributed by atoms with Crippen molar-refractivity contribution in [3.8, 4) is 11.4 Å². The number of halogens is 1. The van der Waals surface area contributed by atoms with Gasteiger partial charge in [0.1, 0.15) is 17.2 Å². The first-order chi connectivity index (χ1) is 10.1. The Kier molecular flexibility index (Phi) is 3.29. The van der Waals surface area contributed by atoms with E-state index in [2.05, 4.69) is 10.1 Å². The number of rotatable bonds is 3. The lowest BCUT2D eigenvalue weighted by Crippen LogP contribution is -2.24. The molecule has 6 heteroatoms. The summed E-state index contributed by atoms with van der Waals surface area (Å²) in [5.41, 5.74) is 1.42. The van der Waals surface area contributed by atoms with Gasteiger partial charge in [0, 0.05) is 19.2 Å². The topological polar surface area (TPSA) is 52.7 Å². The van der Waals surface area contributed by atoms with Crippen molar-refractivity contribution in [1.82, 2.24) is 19.3 Å². The summed E-state index contributed by atoms with van der Waals surface area (Å²) >= 11 is 0. The summed E-state index contributed by atoms with van der Waals surface area (Å²) in [6.07, 6.45) is 2.34. The second-order valence-corrected chi connectivity index (χ2v) is 4.90. The van der Waals surface area contributed by atoms with Gasteiger partial charge in [-0.25, -0.2) is 9.37 Å². The smallest absolute Gasteiger partial charge is 0.279 e. The van der Waals surface area contributed by atoms with Crippen molar-refractivity contribution in [3.05, 3.63) is 46.6 Å². The normalized spacial score (nSPS) is 11.2. The van der Waals surface area contributed by atoms with Gasteiger partial charge < -0.3 is 0 Å². The van der Waals surface area contributed by atoms with Crippen molar-refractivity contribution in [3.63, 3.8) is 0 Å². The van der Waals surface area contributed by atoms with Crippen LogP contribution in [0.3, 0.4) is 0 Å². The zero-order valence-corrected chi connectivity index (χ0v) is 11.9. The van der Waals surface area contributed by atoms with Crippen LogP contribution in [0.4, 0.5) is 4.39 Å². The molecule has 3 rings (SSSR count). The Bertz CT molecular complexity index is 866. The molecule has 108 valence electrons.